The summed E-state index contributed by atoms with van der Waals surface area (Å²) in [6, 6.07) is 0. The molecule has 1 fully saturated rings. The van der Waals surface area contributed by atoms with Crippen LogP contribution in [0.2, 0.25) is 0 Å². The lowest BCUT2D eigenvalue weighted by Crippen LogP contribution is -2.29. The van der Waals surface area contributed by atoms with Crippen molar-refractivity contribution in [3.8, 4) is 0 Å². The first kappa shape index (κ1) is 12.5. The third-order valence-electron chi connectivity index (χ3n) is 3.79. The van der Waals surface area contributed by atoms with Gasteiger partial charge < -0.3 is 4.74 Å². The molecule has 15 heavy (non-hydrogen) atoms. The lowest BCUT2D eigenvalue weighted by molar-refractivity contribution is -0.155. The SMILES string of the molecule is CCOC(=O)C1(C)CCCC(CC)CC1. The fraction of sp³-hybridized carbons (Fsp3) is 0.923. The van der Waals surface area contributed by atoms with Crippen molar-refractivity contribution < 1.29 is 9.53 Å². The molecule has 2 atom stereocenters. The highest BCUT2D eigenvalue weighted by atomic mass is 16.5. The fourth-order valence-electron chi connectivity index (χ4n) is 2.49. The average molecular weight is 212 g/mol. The number of carbonyl (C=O) groups is 1. The van der Waals surface area contributed by atoms with Crippen molar-refractivity contribution in [2.45, 2.75) is 59.3 Å². The molecule has 1 saturated carbocycles. The maximum atomic E-state index is 11.8. The van der Waals surface area contributed by atoms with Crippen LogP contribution in [0.1, 0.15) is 59.3 Å². The maximum absolute atomic E-state index is 11.8. The van der Waals surface area contributed by atoms with Gasteiger partial charge in [-0.1, -0.05) is 26.2 Å². The molecule has 0 aromatic rings. The molecule has 0 bridgehead atoms. The minimum atomic E-state index is -0.208. The van der Waals surface area contributed by atoms with E-state index in [0.717, 1.165) is 18.8 Å². The summed E-state index contributed by atoms with van der Waals surface area (Å²) in [5.74, 6) is 0.836. The van der Waals surface area contributed by atoms with Crippen molar-refractivity contribution in [3.63, 3.8) is 0 Å². The molecule has 0 radical (unpaired) electrons. The van der Waals surface area contributed by atoms with E-state index in [4.69, 9.17) is 4.74 Å². The first-order valence-electron chi connectivity index (χ1n) is 6.29. The van der Waals surface area contributed by atoms with Gasteiger partial charge in [0.2, 0.25) is 0 Å². The van der Waals surface area contributed by atoms with Gasteiger partial charge in [-0.2, -0.15) is 0 Å². The molecule has 0 saturated heterocycles. The van der Waals surface area contributed by atoms with Crippen molar-refractivity contribution in [1.82, 2.24) is 0 Å². The highest BCUT2D eigenvalue weighted by molar-refractivity contribution is 5.76. The number of ether oxygens (including phenoxy) is 1. The van der Waals surface area contributed by atoms with Crippen molar-refractivity contribution >= 4 is 5.97 Å². The van der Waals surface area contributed by atoms with Crippen LogP contribution in [0.15, 0.2) is 0 Å². The minimum Gasteiger partial charge on any atom is -0.466 e. The predicted octanol–water partition coefficient (Wildman–Crippen LogP) is 3.55. The van der Waals surface area contributed by atoms with E-state index >= 15 is 0 Å². The Morgan fingerprint density at radius 2 is 2.07 bits per heavy atom. The Morgan fingerprint density at radius 3 is 2.67 bits per heavy atom. The smallest absolute Gasteiger partial charge is 0.311 e. The molecule has 0 heterocycles. The monoisotopic (exact) mass is 212 g/mol. The topological polar surface area (TPSA) is 26.3 Å². The Morgan fingerprint density at radius 1 is 1.33 bits per heavy atom. The van der Waals surface area contributed by atoms with Crippen LogP contribution in [-0.2, 0) is 9.53 Å². The minimum absolute atomic E-state index is 0.0155. The predicted molar refractivity (Wildman–Crippen MR) is 61.6 cm³/mol. The summed E-state index contributed by atoms with van der Waals surface area (Å²) in [5.41, 5.74) is -0.208. The Hall–Kier alpha value is -0.530. The number of rotatable bonds is 3. The third kappa shape index (κ3) is 3.22. The molecule has 0 aromatic heterocycles. The van der Waals surface area contributed by atoms with Crippen LogP contribution in [0.25, 0.3) is 0 Å². The van der Waals surface area contributed by atoms with Gasteiger partial charge >= 0.3 is 5.97 Å². The Balaban J connectivity index is 2.57. The zero-order chi connectivity index (χ0) is 11.3. The maximum Gasteiger partial charge on any atom is 0.311 e. The molecule has 2 nitrogen and oxygen atoms in total. The number of hydrogen-bond acceptors (Lipinski definition) is 2. The second-order valence-corrected chi connectivity index (χ2v) is 4.99. The van der Waals surface area contributed by atoms with Crippen molar-refractivity contribution in [3.05, 3.63) is 0 Å². The molecule has 1 aliphatic carbocycles. The Labute approximate surface area is 93.4 Å². The van der Waals surface area contributed by atoms with E-state index in [9.17, 15) is 4.79 Å². The van der Waals surface area contributed by atoms with E-state index in [1.54, 1.807) is 0 Å². The second kappa shape index (κ2) is 5.53. The van der Waals surface area contributed by atoms with E-state index < -0.39 is 0 Å². The quantitative estimate of drug-likeness (QED) is 0.528. The van der Waals surface area contributed by atoms with Gasteiger partial charge in [-0.25, -0.2) is 0 Å². The van der Waals surface area contributed by atoms with E-state index in [1.807, 2.05) is 6.92 Å². The van der Waals surface area contributed by atoms with Gasteiger partial charge in [0, 0.05) is 0 Å². The number of carbonyl (C=O) groups excluding carboxylic acids is 1. The standard InChI is InChI=1S/C13H24O2/c1-4-11-7-6-9-13(3,10-8-11)12(14)15-5-2/h11H,4-10H2,1-3H3. The van der Waals surface area contributed by atoms with Gasteiger partial charge in [-0.05, 0) is 39.0 Å². The molecule has 1 rings (SSSR count). The van der Waals surface area contributed by atoms with E-state index in [1.165, 1.54) is 25.7 Å². The van der Waals surface area contributed by atoms with Crippen LogP contribution in [0, 0.1) is 11.3 Å². The zero-order valence-electron chi connectivity index (χ0n) is 10.3. The average Bonchev–Trinajstić information content (AvgIpc) is 2.41. The molecule has 1 aliphatic rings. The zero-order valence-corrected chi connectivity index (χ0v) is 10.3. The largest absolute Gasteiger partial charge is 0.466 e. The summed E-state index contributed by atoms with van der Waals surface area (Å²) in [5, 5.41) is 0. The van der Waals surface area contributed by atoms with Crippen molar-refractivity contribution in [1.29, 1.82) is 0 Å². The number of esters is 1. The normalized spacial score (nSPS) is 32.1. The molecule has 0 spiro atoms. The highest BCUT2D eigenvalue weighted by Gasteiger charge is 2.36. The van der Waals surface area contributed by atoms with Crippen LogP contribution in [0.3, 0.4) is 0 Å². The van der Waals surface area contributed by atoms with E-state index in [0.29, 0.717) is 6.61 Å². The van der Waals surface area contributed by atoms with Gasteiger partial charge in [0.1, 0.15) is 0 Å². The fourth-order valence-corrected chi connectivity index (χ4v) is 2.49. The summed E-state index contributed by atoms with van der Waals surface area (Å²) in [4.78, 5) is 11.8. The van der Waals surface area contributed by atoms with Crippen LogP contribution in [0.5, 0.6) is 0 Å². The second-order valence-electron chi connectivity index (χ2n) is 4.99. The van der Waals surface area contributed by atoms with Crippen LogP contribution >= 0.6 is 0 Å². The van der Waals surface area contributed by atoms with Gasteiger partial charge in [0.15, 0.2) is 0 Å². The molecular weight excluding hydrogens is 188 g/mol. The molecule has 0 amide bonds. The first-order valence-corrected chi connectivity index (χ1v) is 6.29. The van der Waals surface area contributed by atoms with Gasteiger partial charge in [0.25, 0.3) is 0 Å². The van der Waals surface area contributed by atoms with Crippen LogP contribution < -0.4 is 0 Å². The molecule has 2 heteroatoms. The van der Waals surface area contributed by atoms with Gasteiger partial charge in [0.05, 0.1) is 12.0 Å². The summed E-state index contributed by atoms with van der Waals surface area (Å²) in [6.45, 7) is 6.71. The van der Waals surface area contributed by atoms with E-state index in [-0.39, 0.29) is 11.4 Å². The highest BCUT2D eigenvalue weighted by Crippen LogP contribution is 2.38. The molecule has 88 valence electrons. The summed E-state index contributed by atoms with van der Waals surface area (Å²) in [7, 11) is 0. The Kier molecular flexibility index (Phi) is 4.62. The summed E-state index contributed by atoms with van der Waals surface area (Å²) in [6.07, 6.45) is 6.90. The van der Waals surface area contributed by atoms with Crippen LogP contribution in [-0.4, -0.2) is 12.6 Å². The number of hydrogen-bond donors (Lipinski definition) is 0. The van der Waals surface area contributed by atoms with Crippen molar-refractivity contribution in [2.75, 3.05) is 6.61 Å². The van der Waals surface area contributed by atoms with Crippen LogP contribution in [0.4, 0.5) is 0 Å². The first-order chi connectivity index (χ1) is 7.12. The lowest BCUT2D eigenvalue weighted by Gasteiger charge is -2.25. The van der Waals surface area contributed by atoms with Gasteiger partial charge in [-0.3, -0.25) is 4.79 Å². The van der Waals surface area contributed by atoms with Crippen molar-refractivity contribution in [2.24, 2.45) is 11.3 Å². The molecule has 0 aliphatic heterocycles. The molecular formula is C13H24O2. The lowest BCUT2D eigenvalue weighted by atomic mass is 9.82. The summed E-state index contributed by atoms with van der Waals surface area (Å²) >= 11 is 0. The van der Waals surface area contributed by atoms with E-state index in [2.05, 4.69) is 13.8 Å². The van der Waals surface area contributed by atoms with Gasteiger partial charge in [-0.15, -0.1) is 0 Å². The molecule has 2 unspecified atom stereocenters. The third-order valence-corrected chi connectivity index (χ3v) is 3.79. The summed E-state index contributed by atoms with van der Waals surface area (Å²) < 4.78 is 5.17. The Bertz CT molecular complexity index is 213. The molecule has 0 N–H and O–H groups in total. The molecule has 0 aromatic carbocycles.